The molecule has 0 aliphatic rings. The molecule has 0 aromatic carbocycles. The van der Waals surface area contributed by atoms with E-state index in [0.717, 1.165) is 0 Å². The van der Waals surface area contributed by atoms with Gasteiger partial charge in [0.1, 0.15) is 3.79 Å². The lowest BCUT2D eigenvalue weighted by atomic mass is 10.2. The van der Waals surface area contributed by atoms with Gasteiger partial charge in [-0.15, -0.1) is 11.3 Å². The number of halogens is 3. The van der Waals surface area contributed by atoms with E-state index in [1.165, 1.54) is 6.92 Å². The molecular formula is C8H6BrF2NO4S. The monoisotopic (exact) mass is 329 g/mol. The van der Waals surface area contributed by atoms with Crippen LogP contribution in [0, 0.1) is 10.1 Å². The minimum atomic E-state index is -3.88. The van der Waals surface area contributed by atoms with Crippen LogP contribution in [0.3, 0.4) is 0 Å². The van der Waals surface area contributed by atoms with Crippen molar-refractivity contribution in [2.45, 2.75) is 12.8 Å². The van der Waals surface area contributed by atoms with E-state index in [0.29, 0.717) is 17.4 Å². The lowest BCUT2D eigenvalue weighted by Gasteiger charge is -2.11. The van der Waals surface area contributed by atoms with Crippen LogP contribution in [0.1, 0.15) is 11.8 Å². The Morgan fingerprint density at radius 3 is 2.71 bits per heavy atom. The summed E-state index contributed by atoms with van der Waals surface area (Å²) < 4.78 is 31.1. The second-order valence-electron chi connectivity index (χ2n) is 2.82. The Kier molecular flexibility index (Phi) is 4.15. The molecule has 0 fully saturated rings. The number of thiophene rings is 1. The van der Waals surface area contributed by atoms with Gasteiger partial charge >= 0.3 is 11.9 Å². The average Bonchev–Trinajstić information content (AvgIpc) is 2.61. The number of esters is 1. The highest BCUT2D eigenvalue weighted by atomic mass is 79.9. The van der Waals surface area contributed by atoms with E-state index in [1.807, 2.05) is 0 Å². The fourth-order valence-electron chi connectivity index (χ4n) is 0.961. The molecule has 0 saturated heterocycles. The van der Waals surface area contributed by atoms with Gasteiger partial charge in [0.05, 0.1) is 16.4 Å². The van der Waals surface area contributed by atoms with Gasteiger partial charge in [0.2, 0.25) is 0 Å². The zero-order valence-corrected chi connectivity index (χ0v) is 10.8. The van der Waals surface area contributed by atoms with Gasteiger partial charge in [-0.25, -0.2) is 4.79 Å². The molecule has 9 heteroatoms. The first-order valence-electron chi connectivity index (χ1n) is 4.30. The lowest BCUT2D eigenvalue weighted by Crippen LogP contribution is -2.27. The molecule has 0 N–H and O–H groups in total. The van der Waals surface area contributed by atoms with Gasteiger partial charge in [0, 0.05) is 6.07 Å². The van der Waals surface area contributed by atoms with Gasteiger partial charge in [-0.3, -0.25) is 10.1 Å². The molecule has 0 bridgehead atoms. The second kappa shape index (κ2) is 5.05. The first-order valence-corrected chi connectivity index (χ1v) is 5.90. The summed E-state index contributed by atoms with van der Waals surface area (Å²) in [4.78, 5) is 19.9. The smallest absolute Gasteiger partial charge is 0.382 e. The minimum absolute atomic E-state index is 0.0681. The van der Waals surface area contributed by atoms with Crippen LogP contribution in [-0.2, 0) is 15.5 Å². The van der Waals surface area contributed by atoms with Crippen molar-refractivity contribution in [3.05, 3.63) is 24.8 Å². The van der Waals surface area contributed by atoms with Crippen LogP contribution in [0.25, 0.3) is 0 Å². The van der Waals surface area contributed by atoms with Crippen LogP contribution < -0.4 is 0 Å². The number of nitrogens with zero attached hydrogens (tertiary/aromatic N) is 1. The van der Waals surface area contributed by atoms with Gasteiger partial charge < -0.3 is 4.74 Å². The summed E-state index contributed by atoms with van der Waals surface area (Å²) in [6, 6.07) is 0.658. The van der Waals surface area contributed by atoms with Crippen molar-refractivity contribution in [3.63, 3.8) is 0 Å². The molecular weight excluding hydrogens is 324 g/mol. The van der Waals surface area contributed by atoms with Gasteiger partial charge in [-0.1, -0.05) is 0 Å². The molecule has 1 aromatic rings. The third-order valence-electron chi connectivity index (χ3n) is 1.71. The maximum absolute atomic E-state index is 13.5. The Hall–Kier alpha value is -1.09. The standard InChI is InChI=1S/C8H6BrF2NO4S/c1-2-16-7(13)8(10,11)5-3-4(12(14)15)6(9)17-5/h3H,2H2,1H3. The van der Waals surface area contributed by atoms with Crippen LogP contribution in [0.5, 0.6) is 0 Å². The van der Waals surface area contributed by atoms with Crippen molar-refractivity contribution in [2.24, 2.45) is 0 Å². The highest BCUT2D eigenvalue weighted by Crippen LogP contribution is 2.42. The van der Waals surface area contributed by atoms with E-state index in [4.69, 9.17) is 0 Å². The summed E-state index contributed by atoms with van der Waals surface area (Å²) in [5.74, 6) is -5.60. The molecule has 0 unspecified atom stereocenters. The molecule has 1 heterocycles. The largest absolute Gasteiger partial charge is 0.461 e. The summed E-state index contributed by atoms with van der Waals surface area (Å²) in [5, 5.41) is 10.5. The summed E-state index contributed by atoms with van der Waals surface area (Å²) in [6.45, 7) is 1.20. The predicted molar refractivity (Wildman–Crippen MR) is 59.2 cm³/mol. The average molecular weight is 330 g/mol. The van der Waals surface area contributed by atoms with Crippen molar-refractivity contribution in [3.8, 4) is 0 Å². The first-order chi connectivity index (χ1) is 7.80. The maximum Gasteiger partial charge on any atom is 0.382 e. The SMILES string of the molecule is CCOC(=O)C(F)(F)c1cc([N+](=O)[O-])c(Br)s1. The van der Waals surface area contributed by atoms with E-state index in [9.17, 15) is 23.7 Å². The molecule has 0 aliphatic carbocycles. The van der Waals surface area contributed by atoms with Gasteiger partial charge in [-0.2, -0.15) is 8.78 Å². The van der Waals surface area contributed by atoms with E-state index in [-0.39, 0.29) is 10.4 Å². The number of hydrogen-bond acceptors (Lipinski definition) is 5. The second-order valence-corrected chi connectivity index (χ2v) is 5.19. The Balaban J connectivity index is 3.11. The topological polar surface area (TPSA) is 69.4 Å². The Morgan fingerprint density at radius 2 is 2.29 bits per heavy atom. The molecule has 0 atom stereocenters. The predicted octanol–water partition coefficient (Wildman–Crippen LogP) is 3.07. The summed E-state index contributed by atoms with van der Waals surface area (Å²) in [6.07, 6.45) is 0. The number of alkyl halides is 2. The molecule has 1 aromatic heterocycles. The molecule has 0 radical (unpaired) electrons. The lowest BCUT2D eigenvalue weighted by molar-refractivity contribution is -0.385. The molecule has 94 valence electrons. The third kappa shape index (κ3) is 2.78. The third-order valence-corrected chi connectivity index (χ3v) is 3.58. The van der Waals surface area contributed by atoms with Crippen molar-refractivity contribution in [2.75, 3.05) is 6.61 Å². The zero-order chi connectivity index (χ0) is 13.2. The first kappa shape index (κ1) is 14.0. The maximum atomic E-state index is 13.5. The minimum Gasteiger partial charge on any atom is -0.461 e. The van der Waals surface area contributed by atoms with Crippen molar-refractivity contribution >= 4 is 38.9 Å². The molecule has 0 spiro atoms. The fourth-order valence-corrected chi connectivity index (χ4v) is 2.56. The number of rotatable bonds is 4. The number of hydrogen-bond donors (Lipinski definition) is 0. The van der Waals surface area contributed by atoms with E-state index < -0.39 is 27.4 Å². The van der Waals surface area contributed by atoms with Crippen LogP contribution in [-0.4, -0.2) is 17.5 Å². The highest BCUT2D eigenvalue weighted by molar-refractivity contribution is 9.11. The van der Waals surface area contributed by atoms with Crippen molar-refractivity contribution < 1.29 is 23.2 Å². The Morgan fingerprint density at radius 1 is 1.71 bits per heavy atom. The van der Waals surface area contributed by atoms with E-state index in [1.54, 1.807) is 0 Å². The van der Waals surface area contributed by atoms with Crippen LogP contribution in [0.2, 0.25) is 0 Å². The van der Waals surface area contributed by atoms with Crippen LogP contribution in [0.15, 0.2) is 9.85 Å². The normalized spacial score (nSPS) is 11.3. The Bertz CT molecular complexity index is 462. The molecule has 0 saturated carbocycles. The number of nitro groups is 1. The van der Waals surface area contributed by atoms with Gasteiger partial charge in [0.25, 0.3) is 5.69 Å². The van der Waals surface area contributed by atoms with Crippen molar-refractivity contribution in [1.82, 2.24) is 0 Å². The fraction of sp³-hybridized carbons (Fsp3) is 0.375. The summed E-state index contributed by atoms with van der Waals surface area (Å²) >= 11 is 3.22. The molecule has 5 nitrogen and oxygen atoms in total. The number of ether oxygens (including phenoxy) is 1. The molecule has 17 heavy (non-hydrogen) atoms. The number of carbonyl (C=O) groups is 1. The zero-order valence-electron chi connectivity index (χ0n) is 8.41. The van der Waals surface area contributed by atoms with E-state index >= 15 is 0 Å². The van der Waals surface area contributed by atoms with Crippen LogP contribution >= 0.6 is 27.3 Å². The molecule has 0 aliphatic heterocycles. The molecule has 0 amide bonds. The summed E-state index contributed by atoms with van der Waals surface area (Å²) in [5.41, 5.74) is -0.506. The van der Waals surface area contributed by atoms with Crippen molar-refractivity contribution in [1.29, 1.82) is 0 Å². The van der Waals surface area contributed by atoms with Gasteiger partial charge in [-0.05, 0) is 22.9 Å². The summed E-state index contributed by atoms with van der Waals surface area (Å²) in [7, 11) is 0. The van der Waals surface area contributed by atoms with Crippen LogP contribution in [0.4, 0.5) is 14.5 Å². The van der Waals surface area contributed by atoms with Gasteiger partial charge in [0.15, 0.2) is 0 Å². The molecule has 1 rings (SSSR count). The highest BCUT2D eigenvalue weighted by Gasteiger charge is 2.45. The number of carbonyl (C=O) groups excluding carboxylic acids is 1. The Labute approximate surface area is 107 Å². The van der Waals surface area contributed by atoms with E-state index in [2.05, 4.69) is 20.7 Å². The quantitative estimate of drug-likeness (QED) is 0.483.